The van der Waals surface area contributed by atoms with E-state index in [4.69, 9.17) is 9.72 Å². The highest BCUT2D eigenvalue weighted by molar-refractivity contribution is 5.70. The standard InChI is InChI=1S/C28H35F5N6O4/c1-6-19-21(39-13-17(12-27(29,30)16-39)11-24(41)43-26(2,3)4)9-8-20(34-19)25-22(37(5)36-35-25)15-38-14-18(7-10-23(38)40)42-28(31,32)33/h7-10,14,17,23,40H,6,11-13,15-16H2,1-5H3/t17-,23-/m0/s1. The lowest BCUT2D eigenvalue weighted by molar-refractivity contribution is -0.304. The van der Waals surface area contributed by atoms with Gasteiger partial charge < -0.3 is 24.4 Å². The number of rotatable bonds is 8. The number of ether oxygens (including phenoxy) is 2. The molecule has 1 N–H and O–H groups in total. The molecular formula is C28H35F5N6O4. The lowest BCUT2D eigenvalue weighted by Gasteiger charge is -2.39. The number of anilines is 1. The van der Waals surface area contributed by atoms with Gasteiger partial charge in [-0.3, -0.25) is 4.79 Å². The Hall–Kier alpha value is -3.75. The summed E-state index contributed by atoms with van der Waals surface area (Å²) in [5, 5.41) is 18.6. The number of carbonyl (C=O) groups excluding carboxylic acids is 1. The average Bonchev–Trinajstić information content (AvgIpc) is 3.22. The number of esters is 1. The lowest BCUT2D eigenvalue weighted by Crippen LogP contribution is -2.48. The highest BCUT2D eigenvalue weighted by atomic mass is 19.4. The summed E-state index contributed by atoms with van der Waals surface area (Å²) in [5.74, 6) is -4.69. The van der Waals surface area contributed by atoms with Crippen LogP contribution in [0.3, 0.4) is 0 Å². The van der Waals surface area contributed by atoms with E-state index in [-0.39, 0.29) is 19.5 Å². The number of aromatic nitrogens is 4. The Morgan fingerprint density at radius 2 is 1.93 bits per heavy atom. The Bertz CT molecular complexity index is 1380. The molecule has 2 aliphatic rings. The molecule has 2 aromatic heterocycles. The molecule has 0 aromatic carbocycles. The van der Waals surface area contributed by atoms with Crippen LogP contribution in [-0.4, -0.2) is 73.2 Å². The molecule has 0 saturated carbocycles. The molecule has 43 heavy (non-hydrogen) atoms. The van der Waals surface area contributed by atoms with Crippen molar-refractivity contribution in [1.82, 2.24) is 24.9 Å². The Kier molecular flexibility index (Phi) is 9.05. The number of aliphatic hydroxyl groups is 1. The third kappa shape index (κ3) is 8.42. The van der Waals surface area contributed by atoms with Crippen LogP contribution in [-0.2, 0) is 34.3 Å². The van der Waals surface area contributed by atoms with E-state index in [1.54, 1.807) is 40.0 Å². The molecular weight excluding hydrogens is 579 g/mol. The summed E-state index contributed by atoms with van der Waals surface area (Å²) in [7, 11) is 1.59. The topological polar surface area (TPSA) is 106 Å². The normalized spacial score (nSPS) is 20.7. The average molecular weight is 615 g/mol. The zero-order valence-electron chi connectivity index (χ0n) is 24.5. The number of alkyl halides is 5. The molecule has 2 aliphatic heterocycles. The molecule has 0 amide bonds. The fourth-order valence-corrected chi connectivity index (χ4v) is 5.15. The second-order valence-electron chi connectivity index (χ2n) is 11.6. The van der Waals surface area contributed by atoms with Gasteiger partial charge in [0.15, 0.2) is 0 Å². The van der Waals surface area contributed by atoms with Gasteiger partial charge in [-0.1, -0.05) is 12.1 Å². The van der Waals surface area contributed by atoms with Crippen molar-refractivity contribution < 1.29 is 41.3 Å². The Labute approximate surface area is 245 Å². The van der Waals surface area contributed by atoms with Crippen molar-refractivity contribution in [1.29, 1.82) is 0 Å². The van der Waals surface area contributed by atoms with Crippen molar-refractivity contribution in [2.75, 3.05) is 18.0 Å². The van der Waals surface area contributed by atoms with E-state index in [1.807, 2.05) is 6.92 Å². The number of hydrogen-bond acceptors (Lipinski definition) is 9. The quantitative estimate of drug-likeness (QED) is 0.335. The predicted octanol–water partition coefficient (Wildman–Crippen LogP) is 4.70. The summed E-state index contributed by atoms with van der Waals surface area (Å²) in [6, 6.07) is 3.28. The predicted molar refractivity (Wildman–Crippen MR) is 145 cm³/mol. The number of halogens is 5. The molecule has 2 atom stereocenters. The molecule has 1 fully saturated rings. The van der Waals surface area contributed by atoms with Gasteiger partial charge in [-0.05, 0) is 57.4 Å². The third-order valence-electron chi connectivity index (χ3n) is 6.81. The van der Waals surface area contributed by atoms with Crippen LogP contribution in [0.15, 0.2) is 36.2 Å². The SMILES string of the molecule is CCc1nc(-c2nnn(C)c2CN2C=C(OC(F)(F)F)C=C[C@@H]2O)ccc1N1C[C@@H](CC(=O)OC(C)(C)C)CC(F)(F)C1. The lowest BCUT2D eigenvalue weighted by atomic mass is 9.91. The highest BCUT2D eigenvalue weighted by Gasteiger charge is 2.42. The summed E-state index contributed by atoms with van der Waals surface area (Å²) in [5.41, 5.74) is 1.41. The first-order chi connectivity index (χ1) is 19.9. The monoisotopic (exact) mass is 614 g/mol. The van der Waals surface area contributed by atoms with E-state index < -0.39 is 54.7 Å². The van der Waals surface area contributed by atoms with E-state index in [0.717, 1.165) is 18.4 Å². The van der Waals surface area contributed by atoms with Crippen molar-refractivity contribution in [3.63, 3.8) is 0 Å². The third-order valence-corrected chi connectivity index (χ3v) is 6.81. The summed E-state index contributed by atoms with van der Waals surface area (Å²) in [4.78, 5) is 19.8. The fourth-order valence-electron chi connectivity index (χ4n) is 5.15. The maximum Gasteiger partial charge on any atom is 0.573 e. The molecule has 15 heteroatoms. The number of piperidine rings is 1. The number of pyridine rings is 1. The van der Waals surface area contributed by atoms with E-state index in [1.165, 1.54) is 14.5 Å². The molecule has 1 saturated heterocycles. The number of hydrogen-bond donors (Lipinski definition) is 1. The van der Waals surface area contributed by atoms with Crippen molar-refractivity contribution in [2.45, 2.75) is 77.6 Å². The first-order valence-electron chi connectivity index (χ1n) is 13.8. The molecule has 0 radical (unpaired) electrons. The first kappa shape index (κ1) is 32.2. The summed E-state index contributed by atoms with van der Waals surface area (Å²) < 4.78 is 78.6. The van der Waals surface area contributed by atoms with Gasteiger partial charge in [-0.25, -0.2) is 18.4 Å². The molecule has 0 spiro atoms. The second-order valence-corrected chi connectivity index (χ2v) is 11.6. The van der Waals surface area contributed by atoms with Crippen LogP contribution in [0.1, 0.15) is 51.9 Å². The maximum absolute atomic E-state index is 14.8. The molecule has 4 heterocycles. The number of nitrogens with zero attached hydrogens (tertiary/aromatic N) is 6. The number of aliphatic hydroxyl groups excluding tert-OH is 1. The van der Waals surface area contributed by atoms with E-state index in [0.29, 0.717) is 34.9 Å². The van der Waals surface area contributed by atoms with Crippen molar-refractivity contribution in [3.8, 4) is 11.4 Å². The molecule has 4 rings (SSSR count). The molecule has 0 aliphatic carbocycles. The summed E-state index contributed by atoms with van der Waals surface area (Å²) in [6.45, 7) is 6.58. The van der Waals surface area contributed by atoms with Gasteiger partial charge in [-0.2, -0.15) is 0 Å². The minimum absolute atomic E-state index is 0.0926. The van der Waals surface area contributed by atoms with E-state index in [2.05, 4.69) is 15.0 Å². The Balaban J connectivity index is 1.58. The van der Waals surface area contributed by atoms with Gasteiger partial charge in [0.05, 0.1) is 42.3 Å². The maximum atomic E-state index is 14.8. The minimum Gasteiger partial charge on any atom is -0.460 e. The van der Waals surface area contributed by atoms with Gasteiger partial charge in [-0.15, -0.1) is 18.3 Å². The molecule has 0 unspecified atom stereocenters. The van der Waals surface area contributed by atoms with Crippen LogP contribution in [0.2, 0.25) is 0 Å². The van der Waals surface area contributed by atoms with Crippen LogP contribution < -0.4 is 4.90 Å². The smallest absolute Gasteiger partial charge is 0.460 e. The number of carbonyl (C=O) groups is 1. The van der Waals surface area contributed by atoms with Crippen molar-refractivity contribution in [3.05, 3.63) is 47.6 Å². The van der Waals surface area contributed by atoms with Gasteiger partial charge in [0, 0.05) is 26.2 Å². The molecule has 2 aromatic rings. The van der Waals surface area contributed by atoms with Gasteiger partial charge in [0.2, 0.25) is 0 Å². The van der Waals surface area contributed by atoms with Crippen LogP contribution >= 0.6 is 0 Å². The zero-order chi connectivity index (χ0) is 31.7. The summed E-state index contributed by atoms with van der Waals surface area (Å²) >= 11 is 0. The number of aryl methyl sites for hydroxylation is 2. The fraction of sp³-hybridized carbons (Fsp3) is 0.571. The van der Waals surface area contributed by atoms with Gasteiger partial charge in [0.1, 0.15) is 23.3 Å². The largest absolute Gasteiger partial charge is 0.573 e. The van der Waals surface area contributed by atoms with E-state index in [9.17, 15) is 31.9 Å². The second kappa shape index (κ2) is 12.1. The summed E-state index contributed by atoms with van der Waals surface area (Å²) in [6.07, 6.45) is -3.11. The van der Waals surface area contributed by atoms with Crippen molar-refractivity contribution in [2.24, 2.45) is 13.0 Å². The molecule has 0 bridgehead atoms. The van der Waals surface area contributed by atoms with Gasteiger partial charge >= 0.3 is 12.3 Å². The van der Waals surface area contributed by atoms with Crippen LogP contribution in [0.25, 0.3) is 11.4 Å². The molecule has 10 nitrogen and oxygen atoms in total. The van der Waals surface area contributed by atoms with Crippen LogP contribution in [0.5, 0.6) is 0 Å². The van der Waals surface area contributed by atoms with Crippen LogP contribution in [0.4, 0.5) is 27.6 Å². The Morgan fingerprint density at radius 1 is 1.21 bits per heavy atom. The van der Waals surface area contributed by atoms with Crippen LogP contribution in [0, 0.1) is 5.92 Å². The highest BCUT2D eigenvalue weighted by Crippen LogP contribution is 2.37. The zero-order valence-corrected chi connectivity index (χ0v) is 24.5. The molecule has 236 valence electrons. The van der Waals surface area contributed by atoms with E-state index >= 15 is 0 Å². The minimum atomic E-state index is -4.90. The van der Waals surface area contributed by atoms with Gasteiger partial charge in [0.25, 0.3) is 5.92 Å². The number of allylic oxidation sites excluding steroid dienone is 1. The van der Waals surface area contributed by atoms with Crippen molar-refractivity contribution >= 4 is 11.7 Å². The Morgan fingerprint density at radius 3 is 2.58 bits per heavy atom. The first-order valence-corrected chi connectivity index (χ1v) is 13.8.